The van der Waals surface area contributed by atoms with Crippen LogP contribution in [0.25, 0.3) is 0 Å². The molecule has 0 radical (unpaired) electrons. The summed E-state index contributed by atoms with van der Waals surface area (Å²) < 4.78 is 4.61. The molecule has 0 aliphatic heterocycles. The Morgan fingerprint density at radius 2 is 1.58 bits per heavy atom. The number of rotatable bonds is 9. The van der Waals surface area contributed by atoms with Crippen molar-refractivity contribution in [1.82, 2.24) is 0 Å². The normalized spacial score (nSPS) is 10.4. The van der Waals surface area contributed by atoms with E-state index in [-0.39, 0.29) is 5.97 Å². The van der Waals surface area contributed by atoms with Gasteiger partial charge in [-0.2, -0.15) is 0 Å². The van der Waals surface area contributed by atoms with Crippen LogP contribution in [0.1, 0.15) is 43.2 Å². The van der Waals surface area contributed by atoms with Gasteiger partial charge in [0.2, 0.25) is 0 Å². The van der Waals surface area contributed by atoms with Crippen molar-refractivity contribution in [2.45, 2.75) is 44.9 Å². The van der Waals surface area contributed by atoms with Gasteiger partial charge in [-0.1, -0.05) is 30.7 Å². The quantitative estimate of drug-likeness (QED) is 0.387. The second-order valence-corrected chi connectivity index (χ2v) is 5.12. The summed E-state index contributed by atoms with van der Waals surface area (Å²) in [6, 6.07) is 8.78. The van der Waals surface area contributed by atoms with Crippen LogP contribution >= 0.6 is 11.6 Å². The molecule has 0 atom stereocenters. The fraction of sp³-hybridized carbons (Fsp3) is 0.562. The lowest BCUT2D eigenvalue weighted by atomic mass is 10.0. The van der Waals surface area contributed by atoms with Gasteiger partial charge in [-0.25, -0.2) is 0 Å². The smallest absolute Gasteiger partial charge is 0.305 e. The first-order valence-electron chi connectivity index (χ1n) is 6.97. The van der Waals surface area contributed by atoms with Crippen LogP contribution in [0.2, 0.25) is 0 Å². The van der Waals surface area contributed by atoms with E-state index in [0.29, 0.717) is 6.42 Å². The summed E-state index contributed by atoms with van der Waals surface area (Å²) in [7, 11) is 1.44. The Bertz CT molecular complexity index is 360. The molecule has 0 amide bonds. The van der Waals surface area contributed by atoms with E-state index >= 15 is 0 Å². The maximum Gasteiger partial charge on any atom is 0.305 e. The SMILES string of the molecule is COC(=O)CCCCCc1ccc(CCCCl)cc1. The van der Waals surface area contributed by atoms with Gasteiger partial charge < -0.3 is 4.74 Å². The van der Waals surface area contributed by atoms with E-state index in [2.05, 4.69) is 29.0 Å². The monoisotopic (exact) mass is 282 g/mol. The summed E-state index contributed by atoms with van der Waals surface area (Å²) >= 11 is 5.68. The van der Waals surface area contributed by atoms with Gasteiger partial charge in [-0.05, 0) is 43.2 Å². The van der Waals surface area contributed by atoms with Crippen LogP contribution in [-0.2, 0) is 22.4 Å². The van der Waals surface area contributed by atoms with Crippen LogP contribution in [0, 0.1) is 0 Å². The molecule has 0 aliphatic rings. The molecule has 0 N–H and O–H groups in total. The van der Waals surface area contributed by atoms with Gasteiger partial charge in [0, 0.05) is 12.3 Å². The van der Waals surface area contributed by atoms with Gasteiger partial charge in [0.1, 0.15) is 0 Å². The molecular weight excluding hydrogens is 260 g/mol. The Balaban J connectivity index is 2.17. The largest absolute Gasteiger partial charge is 0.469 e. The lowest BCUT2D eigenvalue weighted by molar-refractivity contribution is -0.140. The molecule has 1 aromatic carbocycles. The molecule has 1 aromatic rings. The van der Waals surface area contributed by atoms with E-state index in [9.17, 15) is 4.79 Å². The number of benzene rings is 1. The number of alkyl halides is 1. The van der Waals surface area contributed by atoms with Gasteiger partial charge >= 0.3 is 5.97 Å². The lowest BCUT2D eigenvalue weighted by Gasteiger charge is -2.04. The molecule has 1 rings (SSSR count). The molecule has 0 aliphatic carbocycles. The predicted molar refractivity (Wildman–Crippen MR) is 79.7 cm³/mol. The highest BCUT2D eigenvalue weighted by atomic mass is 35.5. The van der Waals surface area contributed by atoms with Crippen LogP contribution in [0.3, 0.4) is 0 Å². The molecule has 2 nitrogen and oxygen atoms in total. The Kier molecular flexibility index (Phi) is 8.31. The molecule has 0 fully saturated rings. The van der Waals surface area contributed by atoms with Crippen molar-refractivity contribution in [2.75, 3.05) is 13.0 Å². The van der Waals surface area contributed by atoms with Crippen LogP contribution in [0.5, 0.6) is 0 Å². The van der Waals surface area contributed by atoms with Gasteiger partial charge in [0.15, 0.2) is 0 Å². The maximum atomic E-state index is 10.9. The molecular formula is C16H23ClO2. The molecule has 19 heavy (non-hydrogen) atoms. The second-order valence-electron chi connectivity index (χ2n) is 4.75. The molecule has 0 bridgehead atoms. The summed E-state index contributed by atoms with van der Waals surface area (Å²) in [6.45, 7) is 0. The average Bonchev–Trinajstić information content (AvgIpc) is 2.45. The number of aryl methyl sites for hydroxylation is 2. The minimum atomic E-state index is -0.108. The van der Waals surface area contributed by atoms with Gasteiger partial charge in [0.05, 0.1) is 7.11 Å². The highest BCUT2D eigenvalue weighted by Gasteiger charge is 2.00. The second kappa shape index (κ2) is 9.85. The zero-order valence-corrected chi connectivity index (χ0v) is 12.4. The number of unbranched alkanes of at least 4 members (excludes halogenated alkanes) is 2. The van der Waals surface area contributed by atoms with Gasteiger partial charge in [0.25, 0.3) is 0 Å². The first kappa shape index (κ1) is 16.0. The third-order valence-corrected chi connectivity index (χ3v) is 3.46. The fourth-order valence-corrected chi connectivity index (χ4v) is 2.15. The molecule has 0 saturated carbocycles. The minimum Gasteiger partial charge on any atom is -0.469 e. The van der Waals surface area contributed by atoms with E-state index < -0.39 is 0 Å². The molecule has 106 valence electrons. The molecule has 0 heterocycles. The molecule has 0 unspecified atom stereocenters. The third kappa shape index (κ3) is 7.22. The van der Waals surface area contributed by atoms with Crippen LogP contribution < -0.4 is 0 Å². The summed E-state index contributed by atoms with van der Waals surface area (Å²) in [5, 5.41) is 0. The molecule has 3 heteroatoms. The number of methoxy groups -OCH3 is 1. The van der Waals surface area contributed by atoms with Crippen molar-refractivity contribution in [1.29, 1.82) is 0 Å². The standard InChI is InChI=1S/C16H23ClO2/c1-19-16(18)8-4-2-3-6-14-9-11-15(12-10-14)7-5-13-17/h9-12H,2-8,13H2,1H3. The average molecular weight is 283 g/mol. The summed E-state index contributed by atoms with van der Waals surface area (Å²) in [5.74, 6) is 0.616. The molecule has 0 spiro atoms. The zero-order chi connectivity index (χ0) is 13.9. The highest BCUT2D eigenvalue weighted by molar-refractivity contribution is 6.17. The fourth-order valence-electron chi connectivity index (χ4n) is 2.02. The zero-order valence-electron chi connectivity index (χ0n) is 11.7. The van der Waals surface area contributed by atoms with E-state index in [1.165, 1.54) is 18.2 Å². The summed E-state index contributed by atoms with van der Waals surface area (Å²) in [6.07, 6.45) is 6.82. The number of halogens is 1. The first-order valence-corrected chi connectivity index (χ1v) is 7.50. The van der Waals surface area contributed by atoms with E-state index in [1.54, 1.807) is 0 Å². The van der Waals surface area contributed by atoms with Crippen molar-refractivity contribution >= 4 is 17.6 Å². The molecule has 0 aromatic heterocycles. The van der Waals surface area contributed by atoms with Crippen LogP contribution in [0.4, 0.5) is 0 Å². The number of carbonyl (C=O) groups excluding carboxylic acids is 1. The van der Waals surface area contributed by atoms with Crippen molar-refractivity contribution in [2.24, 2.45) is 0 Å². The molecule has 0 saturated heterocycles. The number of hydrogen-bond acceptors (Lipinski definition) is 2. The van der Waals surface area contributed by atoms with Crippen LogP contribution in [0.15, 0.2) is 24.3 Å². The topological polar surface area (TPSA) is 26.3 Å². The number of ether oxygens (including phenoxy) is 1. The Morgan fingerprint density at radius 3 is 2.11 bits per heavy atom. The Labute approximate surface area is 121 Å². The van der Waals surface area contributed by atoms with Crippen molar-refractivity contribution in [3.05, 3.63) is 35.4 Å². The van der Waals surface area contributed by atoms with Crippen molar-refractivity contribution in [3.63, 3.8) is 0 Å². The van der Waals surface area contributed by atoms with Gasteiger partial charge in [-0.15, -0.1) is 11.6 Å². The van der Waals surface area contributed by atoms with Crippen molar-refractivity contribution in [3.8, 4) is 0 Å². The van der Waals surface area contributed by atoms with E-state index in [4.69, 9.17) is 11.6 Å². The highest BCUT2D eigenvalue weighted by Crippen LogP contribution is 2.11. The summed E-state index contributed by atoms with van der Waals surface area (Å²) in [5.41, 5.74) is 2.72. The maximum absolute atomic E-state index is 10.9. The van der Waals surface area contributed by atoms with E-state index in [1.807, 2.05) is 0 Å². The Morgan fingerprint density at radius 1 is 1.00 bits per heavy atom. The lowest BCUT2D eigenvalue weighted by Crippen LogP contribution is -1.99. The number of hydrogen-bond donors (Lipinski definition) is 0. The summed E-state index contributed by atoms with van der Waals surface area (Å²) in [4.78, 5) is 10.9. The number of carbonyl (C=O) groups is 1. The van der Waals surface area contributed by atoms with Crippen LogP contribution in [-0.4, -0.2) is 19.0 Å². The van der Waals surface area contributed by atoms with E-state index in [0.717, 1.165) is 44.4 Å². The van der Waals surface area contributed by atoms with Gasteiger partial charge in [-0.3, -0.25) is 4.79 Å². The minimum absolute atomic E-state index is 0.108. The first-order chi connectivity index (χ1) is 9.26. The van der Waals surface area contributed by atoms with Crippen molar-refractivity contribution < 1.29 is 9.53 Å². The third-order valence-electron chi connectivity index (χ3n) is 3.20. The Hall–Kier alpha value is -1.02. The number of esters is 1. The predicted octanol–water partition coefficient (Wildman–Crippen LogP) is 4.13.